The van der Waals surface area contributed by atoms with E-state index in [2.05, 4.69) is 5.32 Å². The zero-order valence-electron chi connectivity index (χ0n) is 21.1. The van der Waals surface area contributed by atoms with Crippen molar-refractivity contribution >= 4 is 28.9 Å². The largest absolute Gasteiger partial charge is 0.444 e. The monoisotopic (exact) mass is 484 g/mol. The smallest absolute Gasteiger partial charge is 0.410 e. The molecule has 0 radical (unpaired) electrons. The quantitative estimate of drug-likeness (QED) is 0.656. The van der Waals surface area contributed by atoms with E-state index in [0.29, 0.717) is 17.9 Å². The molecule has 0 saturated carbocycles. The first-order valence-electron chi connectivity index (χ1n) is 12.5. The van der Waals surface area contributed by atoms with Gasteiger partial charge in [0.1, 0.15) is 11.6 Å². The number of nitrogens with zero attached hydrogens (tertiary/aromatic N) is 3. The van der Waals surface area contributed by atoms with E-state index in [1.807, 2.05) is 43.9 Å². The van der Waals surface area contributed by atoms with Gasteiger partial charge in [-0.25, -0.2) is 9.59 Å². The van der Waals surface area contributed by atoms with E-state index in [0.717, 1.165) is 56.3 Å². The van der Waals surface area contributed by atoms with Gasteiger partial charge in [0.15, 0.2) is 0 Å². The highest BCUT2D eigenvalue weighted by Crippen LogP contribution is 2.26. The Balaban J connectivity index is 1.34. The lowest BCUT2D eigenvalue weighted by Crippen LogP contribution is -2.44. The van der Waals surface area contributed by atoms with E-state index in [1.54, 1.807) is 11.6 Å². The summed E-state index contributed by atoms with van der Waals surface area (Å²) in [5.41, 5.74) is 1.94. The number of likely N-dealkylation sites (tertiary alicyclic amines) is 1. The highest BCUT2D eigenvalue weighted by Gasteiger charge is 2.31. The van der Waals surface area contributed by atoms with E-state index >= 15 is 0 Å². The van der Waals surface area contributed by atoms with Gasteiger partial charge in [-0.2, -0.15) is 0 Å². The molecule has 2 aliphatic rings. The number of amides is 3. The molecular weight excluding hydrogens is 448 g/mol. The number of carbonyl (C=O) groups excluding carboxylic acids is 3. The number of hydrogen-bond donors (Lipinski definition) is 1. The molecule has 0 spiro atoms. The van der Waals surface area contributed by atoms with Crippen LogP contribution in [0.1, 0.15) is 70.9 Å². The van der Waals surface area contributed by atoms with Crippen LogP contribution in [0.3, 0.4) is 0 Å². The first-order valence-corrected chi connectivity index (χ1v) is 12.5. The van der Waals surface area contributed by atoms with E-state index < -0.39 is 17.6 Å². The summed E-state index contributed by atoms with van der Waals surface area (Å²) >= 11 is 0. The fraction of sp³-hybridized carbons (Fsp3) is 0.615. The van der Waals surface area contributed by atoms with Crippen LogP contribution >= 0.6 is 0 Å². The topological polar surface area (TPSA) is 103 Å². The van der Waals surface area contributed by atoms with Crippen molar-refractivity contribution in [1.29, 1.82) is 0 Å². The summed E-state index contributed by atoms with van der Waals surface area (Å²) in [6, 6.07) is 5.30. The van der Waals surface area contributed by atoms with E-state index in [9.17, 15) is 19.2 Å². The van der Waals surface area contributed by atoms with Gasteiger partial charge in [-0.3, -0.25) is 24.0 Å². The Morgan fingerprint density at radius 1 is 1.09 bits per heavy atom. The van der Waals surface area contributed by atoms with Crippen LogP contribution in [0.15, 0.2) is 23.0 Å². The van der Waals surface area contributed by atoms with Crippen LogP contribution in [0.5, 0.6) is 0 Å². The Morgan fingerprint density at radius 3 is 2.46 bits per heavy atom. The molecule has 4 rings (SSSR count). The Labute approximate surface area is 205 Å². The number of piperidine rings is 2. The molecule has 2 saturated heterocycles. The van der Waals surface area contributed by atoms with Crippen molar-refractivity contribution in [2.45, 2.75) is 77.4 Å². The van der Waals surface area contributed by atoms with Crippen molar-refractivity contribution in [1.82, 2.24) is 19.4 Å². The van der Waals surface area contributed by atoms with Gasteiger partial charge in [0.25, 0.3) is 0 Å². The maximum atomic E-state index is 12.9. The van der Waals surface area contributed by atoms with Crippen LogP contribution in [-0.4, -0.2) is 50.6 Å². The molecule has 1 aromatic heterocycles. The molecule has 3 heterocycles. The number of aryl methyl sites for hydroxylation is 2. The molecule has 35 heavy (non-hydrogen) atoms. The van der Waals surface area contributed by atoms with Crippen molar-refractivity contribution in [3.05, 3.63) is 34.2 Å². The molecule has 190 valence electrons. The van der Waals surface area contributed by atoms with Crippen LogP contribution in [-0.2, 0) is 27.8 Å². The summed E-state index contributed by atoms with van der Waals surface area (Å²) in [4.78, 5) is 50.9. The third-order valence-electron chi connectivity index (χ3n) is 7.02. The molecule has 2 fully saturated rings. The van der Waals surface area contributed by atoms with Gasteiger partial charge in [-0.05, 0) is 82.9 Å². The van der Waals surface area contributed by atoms with E-state index in [4.69, 9.17) is 4.74 Å². The number of aromatic nitrogens is 2. The number of carbonyl (C=O) groups is 3. The average Bonchev–Trinajstić information content (AvgIpc) is 3.03. The predicted octanol–water partition coefficient (Wildman–Crippen LogP) is 3.29. The van der Waals surface area contributed by atoms with Gasteiger partial charge in [0.2, 0.25) is 11.8 Å². The molecule has 1 aromatic carbocycles. The summed E-state index contributed by atoms with van der Waals surface area (Å²) in [6.45, 7) is 7.13. The lowest BCUT2D eigenvalue weighted by atomic mass is 9.91. The maximum Gasteiger partial charge on any atom is 0.410 e. The molecule has 9 heteroatoms. The van der Waals surface area contributed by atoms with Crippen LogP contribution in [0.25, 0.3) is 11.0 Å². The molecule has 2 aliphatic heterocycles. The first-order chi connectivity index (χ1) is 16.5. The Hall–Kier alpha value is -3.10. The predicted molar refractivity (Wildman–Crippen MR) is 132 cm³/mol. The standard InChI is InChI=1S/C26H36N4O5/c1-26(2,3)35-25(34)29-14-12-17(13-15-29)6-5-7-18-8-9-19-21(16-18)28(4)24(33)30(19)20-10-11-22(31)27-23(20)32/h8-9,16-17,20H,5-7,10-15H2,1-4H3,(H,27,31,32). The van der Waals surface area contributed by atoms with Crippen LogP contribution in [0.2, 0.25) is 0 Å². The summed E-state index contributed by atoms with van der Waals surface area (Å²) in [6.07, 6.45) is 5.34. The Kier molecular flexibility index (Phi) is 7.05. The van der Waals surface area contributed by atoms with Gasteiger partial charge < -0.3 is 9.64 Å². The number of ether oxygens (including phenoxy) is 1. The molecule has 0 aliphatic carbocycles. The summed E-state index contributed by atoms with van der Waals surface area (Å²) in [7, 11) is 1.72. The zero-order valence-corrected chi connectivity index (χ0v) is 21.1. The maximum absolute atomic E-state index is 12.9. The van der Waals surface area contributed by atoms with Crippen molar-refractivity contribution in [2.24, 2.45) is 13.0 Å². The number of rotatable bonds is 5. The molecule has 9 nitrogen and oxygen atoms in total. The van der Waals surface area contributed by atoms with Crippen molar-refractivity contribution in [3.63, 3.8) is 0 Å². The van der Waals surface area contributed by atoms with Crippen LogP contribution in [0, 0.1) is 5.92 Å². The van der Waals surface area contributed by atoms with Gasteiger partial charge in [-0.1, -0.05) is 6.07 Å². The summed E-state index contributed by atoms with van der Waals surface area (Å²) < 4.78 is 8.57. The van der Waals surface area contributed by atoms with E-state index in [-0.39, 0.29) is 24.1 Å². The number of imide groups is 1. The minimum atomic E-state index is -0.665. The number of hydrogen-bond acceptors (Lipinski definition) is 5. The van der Waals surface area contributed by atoms with Gasteiger partial charge in [0.05, 0.1) is 11.0 Å². The Bertz CT molecular complexity index is 1180. The minimum Gasteiger partial charge on any atom is -0.444 e. The molecule has 2 aromatic rings. The first kappa shape index (κ1) is 25.0. The second kappa shape index (κ2) is 9.87. The minimum absolute atomic E-state index is 0.223. The molecule has 1 N–H and O–H groups in total. The van der Waals surface area contributed by atoms with Crippen LogP contribution in [0.4, 0.5) is 4.79 Å². The number of fused-ring (bicyclic) bond motifs is 1. The molecule has 1 unspecified atom stereocenters. The van der Waals surface area contributed by atoms with Crippen LogP contribution < -0.4 is 11.0 Å². The fourth-order valence-corrected chi connectivity index (χ4v) is 5.12. The Morgan fingerprint density at radius 2 is 1.80 bits per heavy atom. The second-order valence-electron chi connectivity index (χ2n) is 10.8. The molecule has 3 amide bonds. The summed E-state index contributed by atoms with van der Waals surface area (Å²) in [5.74, 6) is -0.120. The van der Waals surface area contributed by atoms with Crippen molar-refractivity contribution < 1.29 is 19.1 Å². The molecule has 0 bridgehead atoms. The number of nitrogens with one attached hydrogen (secondary N) is 1. The zero-order chi connectivity index (χ0) is 25.3. The lowest BCUT2D eigenvalue weighted by molar-refractivity contribution is -0.135. The third-order valence-corrected chi connectivity index (χ3v) is 7.02. The average molecular weight is 485 g/mol. The van der Waals surface area contributed by atoms with Gasteiger partial charge >= 0.3 is 11.8 Å². The molecule has 1 atom stereocenters. The normalized spacial score (nSPS) is 19.8. The van der Waals surface area contributed by atoms with Crippen molar-refractivity contribution in [3.8, 4) is 0 Å². The lowest BCUT2D eigenvalue weighted by Gasteiger charge is -2.33. The third kappa shape index (κ3) is 5.60. The SMILES string of the molecule is Cn1c(=O)n(C2CCC(=O)NC2=O)c2ccc(CCCC3CCN(C(=O)OC(C)(C)C)CC3)cc21. The van der Waals surface area contributed by atoms with Gasteiger partial charge in [0, 0.05) is 26.6 Å². The van der Waals surface area contributed by atoms with Gasteiger partial charge in [-0.15, -0.1) is 0 Å². The molecular formula is C26H36N4O5. The highest BCUT2D eigenvalue weighted by molar-refractivity contribution is 6.00. The van der Waals surface area contributed by atoms with E-state index in [1.165, 1.54) is 4.57 Å². The number of imidazole rings is 1. The highest BCUT2D eigenvalue weighted by atomic mass is 16.6. The van der Waals surface area contributed by atoms with Crippen molar-refractivity contribution in [2.75, 3.05) is 13.1 Å². The fourth-order valence-electron chi connectivity index (χ4n) is 5.12. The summed E-state index contributed by atoms with van der Waals surface area (Å²) in [5, 5.41) is 2.34. The number of benzene rings is 1. The second-order valence-corrected chi connectivity index (χ2v) is 10.8.